The molecule has 0 aromatic rings. The number of nitrogens with two attached hydrogens (primary N) is 1. The van der Waals surface area contributed by atoms with Crippen LogP contribution < -0.4 is 16.4 Å². The molecule has 0 saturated carbocycles. The summed E-state index contributed by atoms with van der Waals surface area (Å²) in [4.78, 5) is 20.5. The van der Waals surface area contributed by atoms with Gasteiger partial charge in [0.15, 0.2) is 5.96 Å². The van der Waals surface area contributed by atoms with Crippen LogP contribution in [-0.4, -0.2) is 80.1 Å². The lowest BCUT2D eigenvalue weighted by atomic mass is 9.97. The second-order valence-electron chi connectivity index (χ2n) is 7.75. The molecule has 4 N–H and O–H groups in total. The first-order chi connectivity index (χ1) is 12.3. The third-order valence-corrected chi connectivity index (χ3v) is 5.06. The van der Waals surface area contributed by atoms with Crippen molar-refractivity contribution in [2.24, 2.45) is 16.6 Å². The van der Waals surface area contributed by atoms with E-state index in [-0.39, 0.29) is 11.8 Å². The molecule has 0 aromatic carbocycles. The Morgan fingerprint density at radius 3 is 2.46 bits per heavy atom. The molecule has 26 heavy (non-hydrogen) atoms. The van der Waals surface area contributed by atoms with Crippen LogP contribution in [-0.2, 0) is 4.79 Å². The molecule has 0 aliphatic carbocycles. The van der Waals surface area contributed by atoms with Crippen LogP contribution in [0.15, 0.2) is 4.99 Å². The molecular formula is C19H40N6O. The van der Waals surface area contributed by atoms with Crippen molar-refractivity contribution in [2.75, 3.05) is 46.3 Å². The number of piperidine rings is 1. The predicted molar refractivity (Wildman–Crippen MR) is 109 cm³/mol. The average molecular weight is 369 g/mol. The van der Waals surface area contributed by atoms with Gasteiger partial charge in [0.05, 0.1) is 5.92 Å². The molecule has 152 valence electrons. The van der Waals surface area contributed by atoms with E-state index in [9.17, 15) is 4.79 Å². The number of nitrogens with one attached hydrogen (secondary N) is 2. The van der Waals surface area contributed by atoms with Gasteiger partial charge in [-0.05, 0) is 60.0 Å². The third kappa shape index (κ3) is 8.36. The molecule has 7 heteroatoms. The number of aliphatic imine (C=N–C) groups is 1. The van der Waals surface area contributed by atoms with Crippen molar-refractivity contribution in [1.82, 2.24) is 20.4 Å². The van der Waals surface area contributed by atoms with E-state index in [1.165, 1.54) is 0 Å². The van der Waals surface area contributed by atoms with Gasteiger partial charge in [0.1, 0.15) is 0 Å². The van der Waals surface area contributed by atoms with Crippen LogP contribution in [0, 0.1) is 5.92 Å². The zero-order valence-electron chi connectivity index (χ0n) is 17.4. The van der Waals surface area contributed by atoms with Gasteiger partial charge in [-0.15, -0.1) is 0 Å². The highest BCUT2D eigenvalue weighted by molar-refractivity contribution is 5.79. The summed E-state index contributed by atoms with van der Waals surface area (Å²) in [6, 6.07) is 1.08. The summed E-state index contributed by atoms with van der Waals surface area (Å²) in [6.45, 7) is 14.5. The molecule has 0 spiro atoms. The second-order valence-corrected chi connectivity index (χ2v) is 7.75. The lowest BCUT2D eigenvalue weighted by molar-refractivity contribution is -0.123. The Morgan fingerprint density at radius 1 is 1.23 bits per heavy atom. The molecule has 0 bridgehead atoms. The third-order valence-electron chi connectivity index (χ3n) is 5.06. The van der Waals surface area contributed by atoms with Crippen LogP contribution in [0.2, 0.25) is 0 Å². The lowest BCUT2D eigenvalue weighted by Crippen LogP contribution is -2.46. The monoisotopic (exact) mass is 368 g/mol. The van der Waals surface area contributed by atoms with Crippen LogP contribution in [0.3, 0.4) is 0 Å². The fraction of sp³-hybridized carbons (Fsp3) is 0.895. The van der Waals surface area contributed by atoms with E-state index in [1.807, 2.05) is 0 Å². The maximum atomic E-state index is 11.3. The summed E-state index contributed by atoms with van der Waals surface area (Å²) in [7, 11) is 1.81. The summed E-state index contributed by atoms with van der Waals surface area (Å²) in [6.07, 6.45) is 3.02. The lowest BCUT2D eigenvalue weighted by Gasteiger charge is -2.31. The molecule has 1 fully saturated rings. The molecule has 1 atom stereocenters. The Kier molecular flexibility index (Phi) is 10.6. The maximum Gasteiger partial charge on any atom is 0.221 e. The summed E-state index contributed by atoms with van der Waals surface area (Å²) in [5, 5.41) is 6.77. The van der Waals surface area contributed by atoms with Crippen LogP contribution in [0.25, 0.3) is 0 Å². The van der Waals surface area contributed by atoms with Crippen LogP contribution >= 0.6 is 0 Å². The van der Waals surface area contributed by atoms with Gasteiger partial charge in [0.25, 0.3) is 0 Å². The van der Waals surface area contributed by atoms with Crippen molar-refractivity contribution in [1.29, 1.82) is 0 Å². The summed E-state index contributed by atoms with van der Waals surface area (Å²) >= 11 is 0. The Hall–Kier alpha value is -1.34. The molecule has 1 unspecified atom stereocenters. The number of primary amides is 1. The van der Waals surface area contributed by atoms with Crippen LogP contribution in [0.5, 0.6) is 0 Å². The van der Waals surface area contributed by atoms with Gasteiger partial charge in [0, 0.05) is 45.3 Å². The maximum absolute atomic E-state index is 11.3. The number of nitrogens with zero attached hydrogens (tertiary/aromatic N) is 3. The number of carbonyl (C=O) groups is 1. The zero-order chi connectivity index (χ0) is 19.5. The van der Waals surface area contributed by atoms with Crippen molar-refractivity contribution in [2.45, 2.75) is 59.0 Å². The van der Waals surface area contributed by atoms with Gasteiger partial charge >= 0.3 is 0 Å². The highest BCUT2D eigenvalue weighted by Gasteiger charge is 2.23. The highest BCUT2D eigenvalue weighted by Crippen LogP contribution is 2.15. The number of hydrogen-bond acceptors (Lipinski definition) is 4. The van der Waals surface area contributed by atoms with E-state index in [1.54, 1.807) is 7.05 Å². The average Bonchev–Trinajstić information content (AvgIpc) is 2.59. The first kappa shape index (κ1) is 22.7. The number of likely N-dealkylation sites (tertiary alicyclic amines) is 1. The molecule has 1 aliphatic rings. The van der Waals surface area contributed by atoms with Gasteiger partial charge in [-0.3, -0.25) is 14.7 Å². The molecule has 1 amide bonds. The van der Waals surface area contributed by atoms with Crippen molar-refractivity contribution >= 4 is 11.9 Å². The van der Waals surface area contributed by atoms with Crippen molar-refractivity contribution < 1.29 is 4.79 Å². The summed E-state index contributed by atoms with van der Waals surface area (Å²) in [5.74, 6) is 0.719. The van der Waals surface area contributed by atoms with E-state index < -0.39 is 0 Å². The number of guanidine groups is 1. The molecule has 1 aliphatic heterocycles. The molecule has 7 nitrogen and oxygen atoms in total. The quantitative estimate of drug-likeness (QED) is 0.302. The molecule has 0 aromatic heterocycles. The van der Waals surface area contributed by atoms with Gasteiger partial charge < -0.3 is 21.3 Å². The zero-order valence-corrected chi connectivity index (χ0v) is 17.4. The second kappa shape index (κ2) is 12.1. The summed E-state index contributed by atoms with van der Waals surface area (Å²) < 4.78 is 0. The Morgan fingerprint density at radius 2 is 1.88 bits per heavy atom. The number of hydrogen-bond donors (Lipinski definition) is 3. The predicted octanol–water partition coefficient (Wildman–Crippen LogP) is 0.858. The highest BCUT2D eigenvalue weighted by atomic mass is 16.1. The Labute approximate surface area is 159 Å². The minimum atomic E-state index is -0.158. The van der Waals surface area contributed by atoms with Gasteiger partial charge in [0.2, 0.25) is 5.91 Å². The Balaban J connectivity index is 2.21. The van der Waals surface area contributed by atoms with Crippen molar-refractivity contribution in [3.63, 3.8) is 0 Å². The number of carbonyl (C=O) groups excluding carboxylic acids is 1. The van der Waals surface area contributed by atoms with E-state index in [2.05, 4.69) is 53.1 Å². The topological polar surface area (TPSA) is 86.0 Å². The SMILES string of the molecule is CN=C(NCCCN1CCCC(C(N)=O)C1)NCCN(C(C)C)C(C)C. The van der Waals surface area contributed by atoms with E-state index in [0.717, 1.165) is 64.5 Å². The summed E-state index contributed by atoms with van der Waals surface area (Å²) in [5.41, 5.74) is 5.44. The standard InChI is InChI=1S/C19H40N6O/c1-15(2)25(16(3)4)13-10-23-19(21-5)22-9-7-12-24-11-6-8-17(14-24)18(20)26/h15-17H,6-14H2,1-5H3,(H2,20,26)(H2,21,22,23). The molecule has 1 heterocycles. The fourth-order valence-electron chi connectivity index (χ4n) is 3.64. The van der Waals surface area contributed by atoms with Crippen molar-refractivity contribution in [3.8, 4) is 0 Å². The first-order valence-electron chi connectivity index (χ1n) is 10.1. The van der Waals surface area contributed by atoms with Crippen LogP contribution in [0.1, 0.15) is 47.0 Å². The fourth-order valence-corrected chi connectivity index (χ4v) is 3.64. The molecule has 1 saturated heterocycles. The normalized spacial score (nSPS) is 19.4. The number of amides is 1. The van der Waals surface area contributed by atoms with Gasteiger partial charge in [-0.25, -0.2) is 0 Å². The van der Waals surface area contributed by atoms with Crippen LogP contribution in [0.4, 0.5) is 0 Å². The Bertz CT molecular complexity index is 430. The molecule has 0 radical (unpaired) electrons. The molecular weight excluding hydrogens is 328 g/mol. The minimum absolute atomic E-state index is 0.0241. The largest absolute Gasteiger partial charge is 0.369 e. The van der Waals surface area contributed by atoms with E-state index in [4.69, 9.17) is 5.73 Å². The van der Waals surface area contributed by atoms with E-state index in [0.29, 0.717) is 12.1 Å². The van der Waals surface area contributed by atoms with Gasteiger partial charge in [-0.2, -0.15) is 0 Å². The van der Waals surface area contributed by atoms with Gasteiger partial charge in [-0.1, -0.05) is 0 Å². The van der Waals surface area contributed by atoms with E-state index >= 15 is 0 Å². The minimum Gasteiger partial charge on any atom is -0.369 e. The number of rotatable bonds is 10. The molecule has 1 rings (SSSR count). The first-order valence-corrected chi connectivity index (χ1v) is 10.1. The van der Waals surface area contributed by atoms with Crippen molar-refractivity contribution in [3.05, 3.63) is 0 Å². The smallest absolute Gasteiger partial charge is 0.221 e.